The first-order chi connectivity index (χ1) is 12.1. The van der Waals surface area contributed by atoms with Gasteiger partial charge in [0.15, 0.2) is 0 Å². The van der Waals surface area contributed by atoms with Gasteiger partial charge in [-0.15, -0.1) is 12.8 Å². The highest BCUT2D eigenvalue weighted by atomic mass is 79.9. The third kappa shape index (κ3) is 5.05. The van der Waals surface area contributed by atoms with Crippen LogP contribution >= 0.6 is 15.9 Å². The molecule has 0 aliphatic heterocycles. The van der Waals surface area contributed by atoms with Crippen LogP contribution in [0.1, 0.15) is 31.0 Å². The van der Waals surface area contributed by atoms with E-state index in [4.69, 9.17) is 0 Å². The molecule has 1 unspecified atom stereocenters. The molecule has 0 spiro atoms. The molecule has 1 aromatic carbocycles. The molecule has 2 aromatic rings. The molecular formula is C19H23BrFN3OS. The molecule has 1 atom stereocenters. The lowest BCUT2D eigenvalue weighted by Gasteiger charge is -2.23. The van der Waals surface area contributed by atoms with E-state index >= 15 is 0 Å². The standard InChI is InChI=1S/C17H21BrFN3OS.C2H2/c1-11(2)15-14(10-18)16(12-6-8-13(19)9-7-12)21-17(20-15)22(3)24(4,5)23;1-2/h6-9,11H,4,10H2,1-3,5H3;1-2H. The Balaban J connectivity index is 0.00000163. The van der Waals surface area contributed by atoms with Gasteiger partial charge in [-0.3, -0.25) is 4.31 Å². The van der Waals surface area contributed by atoms with Crippen LogP contribution in [-0.2, 0) is 15.0 Å². The molecule has 1 aromatic heterocycles. The fourth-order valence-corrected chi connectivity index (χ4v) is 3.24. The number of terminal acetylenes is 1. The minimum Gasteiger partial charge on any atom is -0.271 e. The molecule has 26 heavy (non-hydrogen) atoms. The minimum absolute atomic E-state index is 0.157. The molecule has 0 radical (unpaired) electrons. The van der Waals surface area contributed by atoms with Crippen molar-refractivity contribution in [2.75, 3.05) is 17.6 Å². The van der Waals surface area contributed by atoms with Gasteiger partial charge >= 0.3 is 0 Å². The lowest BCUT2D eigenvalue weighted by Crippen LogP contribution is -2.27. The Morgan fingerprint density at radius 1 is 1.27 bits per heavy atom. The van der Waals surface area contributed by atoms with Gasteiger partial charge < -0.3 is 0 Å². The molecule has 4 nitrogen and oxygen atoms in total. The first kappa shape index (κ1) is 22.1. The summed E-state index contributed by atoms with van der Waals surface area (Å²) in [5, 5.41) is 0.573. The van der Waals surface area contributed by atoms with E-state index < -0.39 is 9.71 Å². The largest absolute Gasteiger partial charge is 0.271 e. The second-order valence-corrected chi connectivity index (χ2v) is 9.02. The number of benzene rings is 1. The summed E-state index contributed by atoms with van der Waals surface area (Å²) in [6, 6.07) is 6.17. The van der Waals surface area contributed by atoms with E-state index in [1.54, 1.807) is 25.4 Å². The lowest BCUT2D eigenvalue weighted by atomic mass is 10.00. The zero-order chi connectivity index (χ0) is 20.1. The molecule has 0 aliphatic carbocycles. The smallest absolute Gasteiger partial charge is 0.237 e. The monoisotopic (exact) mass is 439 g/mol. The molecule has 0 amide bonds. The van der Waals surface area contributed by atoms with Crippen LogP contribution < -0.4 is 4.31 Å². The Kier molecular flexibility index (Phi) is 7.79. The van der Waals surface area contributed by atoms with E-state index in [0.717, 1.165) is 16.8 Å². The first-order valence-electron chi connectivity index (χ1n) is 7.77. The van der Waals surface area contributed by atoms with Crippen molar-refractivity contribution in [2.24, 2.45) is 0 Å². The maximum absolute atomic E-state index is 13.3. The molecule has 0 saturated carbocycles. The average molecular weight is 440 g/mol. The van der Waals surface area contributed by atoms with Crippen LogP contribution in [0, 0.1) is 18.7 Å². The number of aromatic nitrogens is 2. The number of hydrogen-bond acceptors (Lipinski definition) is 3. The summed E-state index contributed by atoms with van der Waals surface area (Å²) in [6.45, 7) is 4.08. The fraction of sp³-hybridized carbons (Fsp3) is 0.316. The van der Waals surface area contributed by atoms with Crippen molar-refractivity contribution >= 4 is 37.5 Å². The molecule has 0 N–H and O–H groups in total. The van der Waals surface area contributed by atoms with E-state index in [9.17, 15) is 8.60 Å². The summed E-state index contributed by atoms with van der Waals surface area (Å²) in [4.78, 5) is 9.20. The fourth-order valence-electron chi connectivity index (χ4n) is 2.26. The molecule has 1 heterocycles. The van der Waals surface area contributed by atoms with Crippen molar-refractivity contribution < 1.29 is 8.60 Å². The zero-order valence-electron chi connectivity index (χ0n) is 15.4. The van der Waals surface area contributed by atoms with Crippen molar-refractivity contribution in [3.05, 3.63) is 41.3 Å². The summed E-state index contributed by atoms with van der Waals surface area (Å²) in [6.07, 6.45) is 9.54. The molecule has 7 heteroatoms. The summed E-state index contributed by atoms with van der Waals surface area (Å²) in [5.74, 6) is 3.90. The first-order valence-corrected chi connectivity index (χ1v) is 11.0. The summed E-state index contributed by atoms with van der Waals surface area (Å²) >= 11 is 3.50. The summed E-state index contributed by atoms with van der Waals surface area (Å²) in [5.41, 5.74) is 3.31. The lowest BCUT2D eigenvalue weighted by molar-refractivity contribution is 0.628. The zero-order valence-corrected chi connectivity index (χ0v) is 17.8. The van der Waals surface area contributed by atoms with Crippen LogP contribution in [0.4, 0.5) is 10.3 Å². The molecular weight excluding hydrogens is 417 g/mol. The van der Waals surface area contributed by atoms with Crippen molar-refractivity contribution in [1.82, 2.24) is 9.97 Å². The molecule has 0 aliphatic rings. The molecule has 140 valence electrons. The quantitative estimate of drug-likeness (QED) is 0.397. The van der Waals surface area contributed by atoms with Gasteiger partial charge in [0.1, 0.15) is 5.82 Å². The third-order valence-corrected chi connectivity index (χ3v) is 5.57. The van der Waals surface area contributed by atoms with Crippen molar-refractivity contribution in [3.63, 3.8) is 0 Å². The highest BCUT2D eigenvalue weighted by Gasteiger charge is 2.20. The second kappa shape index (κ2) is 9.15. The van der Waals surface area contributed by atoms with Gasteiger partial charge in [0.05, 0.1) is 11.4 Å². The number of alkyl halides is 1. The normalized spacial score (nSPS) is 12.8. The Bertz CT molecular complexity index is 878. The van der Waals surface area contributed by atoms with Crippen molar-refractivity contribution in [1.29, 1.82) is 0 Å². The van der Waals surface area contributed by atoms with E-state index in [-0.39, 0.29) is 11.7 Å². The van der Waals surface area contributed by atoms with E-state index in [0.29, 0.717) is 17.0 Å². The maximum Gasteiger partial charge on any atom is 0.237 e. The van der Waals surface area contributed by atoms with Crippen LogP contribution in [0.5, 0.6) is 0 Å². The second-order valence-electron chi connectivity index (χ2n) is 5.99. The third-order valence-electron chi connectivity index (χ3n) is 3.69. The van der Waals surface area contributed by atoms with Crippen molar-refractivity contribution in [3.8, 4) is 24.1 Å². The van der Waals surface area contributed by atoms with E-state index in [1.165, 1.54) is 16.4 Å². The van der Waals surface area contributed by atoms with Gasteiger partial charge in [-0.1, -0.05) is 29.8 Å². The van der Waals surface area contributed by atoms with Crippen molar-refractivity contribution in [2.45, 2.75) is 25.1 Å². The topological polar surface area (TPSA) is 46.1 Å². The number of hydrogen-bond donors (Lipinski definition) is 0. The van der Waals surface area contributed by atoms with Crippen LogP contribution in [0.2, 0.25) is 0 Å². The highest BCUT2D eigenvalue weighted by Crippen LogP contribution is 2.31. The van der Waals surface area contributed by atoms with Crippen LogP contribution in [-0.4, -0.2) is 33.4 Å². The van der Waals surface area contributed by atoms with Gasteiger partial charge in [-0.2, -0.15) is 0 Å². The van der Waals surface area contributed by atoms with E-state index in [2.05, 4.69) is 44.6 Å². The predicted molar refractivity (Wildman–Crippen MR) is 114 cm³/mol. The Morgan fingerprint density at radius 3 is 2.23 bits per heavy atom. The number of anilines is 1. The van der Waals surface area contributed by atoms with Gasteiger partial charge in [0.25, 0.3) is 0 Å². The molecule has 0 bridgehead atoms. The summed E-state index contributed by atoms with van der Waals surface area (Å²) in [7, 11) is -0.823. The van der Waals surface area contributed by atoms with Gasteiger partial charge in [-0.25, -0.2) is 18.6 Å². The Morgan fingerprint density at radius 2 is 1.81 bits per heavy atom. The summed E-state index contributed by atoms with van der Waals surface area (Å²) < 4.78 is 27.0. The van der Waals surface area contributed by atoms with Gasteiger partial charge in [0, 0.05) is 39.5 Å². The predicted octanol–water partition coefficient (Wildman–Crippen LogP) is 4.25. The number of nitrogens with zero attached hydrogens (tertiary/aromatic N) is 3. The van der Waals surface area contributed by atoms with Crippen LogP contribution in [0.3, 0.4) is 0 Å². The maximum atomic E-state index is 13.3. The Labute approximate surface area is 164 Å². The van der Waals surface area contributed by atoms with Gasteiger partial charge in [0.2, 0.25) is 5.95 Å². The SMILES string of the molecule is C#C.C=S(C)(=O)N(C)c1nc(-c2ccc(F)cc2)c(CBr)c(C(C)C)n1. The number of rotatable bonds is 5. The molecule has 2 rings (SSSR count). The van der Waals surface area contributed by atoms with Crippen LogP contribution in [0.15, 0.2) is 24.3 Å². The average Bonchev–Trinajstić information content (AvgIpc) is 2.61. The van der Waals surface area contributed by atoms with Crippen LogP contribution in [0.25, 0.3) is 11.3 Å². The van der Waals surface area contributed by atoms with E-state index in [1.807, 2.05) is 13.8 Å². The minimum atomic E-state index is -2.49. The number of halogens is 2. The highest BCUT2D eigenvalue weighted by molar-refractivity contribution is 9.08. The molecule has 0 fully saturated rings. The molecule has 0 saturated heterocycles. The van der Waals surface area contributed by atoms with Gasteiger partial charge in [-0.05, 0) is 36.1 Å². The Hall–Kier alpha value is -1.91.